The smallest absolute Gasteiger partial charge is 0.0121 e. The first-order valence-electron chi connectivity index (χ1n) is 5.86. The number of hydrogen-bond donors (Lipinski definition) is 1. The van der Waals surface area contributed by atoms with Crippen LogP contribution in [0.3, 0.4) is 0 Å². The Balaban J connectivity index is 2.50. The third-order valence-corrected chi connectivity index (χ3v) is 3.83. The molecule has 1 heterocycles. The molecule has 1 saturated heterocycles. The van der Waals surface area contributed by atoms with E-state index in [1.165, 1.54) is 32.1 Å². The molecule has 1 aliphatic rings. The third kappa shape index (κ3) is 2.70. The van der Waals surface area contributed by atoms with Crippen LogP contribution >= 0.6 is 0 Å². The Morgan fingerprint density at radius 1 is 1.23 bits per heavy atom. The highest BCUT2D eigenvalue weighted by Crippen LogP contribution is 2.31. The van der Waals surface area contributed by atoms with Crippen LogP contribution in [-0.2, 0) is 0 Å². The van der Waals surface area contributed by atoms with Crippen LogP contribution in [0.5, 0.6) is 0 Å². The molecule has 0 radical (unpaired) electrons. The Morgan fingerprint density at radius 2 is 1.92 bits per heavy atom. The highest BCUT2D eigenvalue weighted by atomic mass is 15.0. The van der Waals surface area contributed by atoms with Crippen LogP contribution in [0.1, 0.15) is 59.8 Å². The van der Waals surface area contributed by atoms with E-state index in [1.807, 2.05) is 0 Å². The standard InChI is InChI=1S/C12H25N/c1-5-10-8-7-9-11(13-10)12(3,4)6-2/h10-11,13H,5-9H2,1-4H3. The van der Waals surface area contributed by atoms with Crippen molar-refractivity contribution >= 4 is 0 Å². The second-order valence-corrected chi connectivity index (χ2v) is 5.10. The van der Waals surface area contributed by atoms with Crippen molar-refractivity contribution in [2.75, 3.05) is 0 Å². The molecule has 78 valence electrons. The van der Waals surface area contributed by atoms with Gasteiger partial charge in [-0.2, -0.15) is 0 Å². The molecule has 1 aliphatic heterocycles. The van der Waals surface area contributed by atoms with E-state index in [0.29, 0.717) is 5.41 Å². The summed E-state index contributed by atoms with van der Waals surface area (Å²) in [5.74, 6) is 0. The van der Waals surface area contributed by atoms with Crippen molar-refractivity contribution in [2.45, 2.75) is 71.9 Å². The fourth-order valence-electron chi connectivity index (χ4n) is 2.20. The summed E-state index contributed by atoms with van der Waals surface area (Å²) in [6, 6.07) is 1.53. The van der Waals surface area contributed by atoms with Gasteiger partial charge in [-0.25, -0.2) is 0 Å². The zero-order valence-electron chi connectivity index (χ0n) is 9.69. The van der Waals surface area contributed by atoms with Crippen LogP contribution < -0.4 is 5.32 Å². The SMILES string of the molecule is CCC1CCCC(C(C)(C)CC)N1. The first kappa shape index (κ1) is 11.0. The second kappa shape index (κ2) is 4.45. The van der Waals surface area contributed by atoms with E-state index in [1.54, 1.807) is 0 Å². The van der Waals surface area contributed by atoms with Crippen LogP contribution in [0.15, 0.2) is 0 Å². The van der Waals surface area contributed by atoms with E-state index in [-0.39, 0.29) is 0 Å². The Hall–Kier alpha value is -0.0400. The van der Waals surface area contributed by atoms with Gasteiger partial charge in [0.25, 0.3) is 0 Å². The molecule has 0 aromatic rings. The molecule has 0 amide bonds. The summed E-state index contributed by atoms with van der Waals surface area (Å²) < 4.78 is 0. The zero-order chi connectivity index (χ0) is 9.90. The lowest BCUT2D eigenvalue weighted by Gasteiger charge is -2.40. The lowest BCUT2D eigenvalue weighted by atomic mass is 9.77. The molecule has 0 aliphatic carbocycles. The van der Waals surface area contributed by atoms with Crippen molar-refractivity contribution in [2.24, 2.45) is 5.41 Å². The summed E-state index contributed by atoms with van der Waals surface area (Å²) in [6.07, 6.45) is 6.74. The Morgan fingerprint density at radius 3 is 2.46 bits per heavy atom. The average Bonchev–Trinajstić information content (AvgIpc) is 2.18. The van der Waals surface area contributed by atoms with Gasteiger partial charge in [0.2, 0.25) is 0 Å². The minimum absolute atomic E-state index is 0.480. The maximum atomic E-state index is 3.79. The Labute approximate surface area is 83.3 Å². The summed E-state index contributed by atoms with van der Waals surface area (Å²) in [4.78, 5) is 0. The van der Waals surface area contributed by atoms with Gasteiger partial charge >= 0.3 is 0 Å². The molecule has 2 unspecified atom stereocenters. The van der Waals surface area contributed by atoms with Crippen molar-refractivity contribution < 1.29 is 0 Å². The molecule has 1 rings (SSSR count). The fraction of sp³-hybridized carbons (Fsp3) is 1.00. The molecule has 0 aromatic heterocycles. The van der Waals surface area contributed by atoms with Crippen molar-refractivity contribution in [3.8, 4) is 0 Å². The van der Waals surface area contributed by atoms with Crippen molar-refractivity contribution in [3.63, 3.8) is 0 Å². The van der Waals surface area contributed by atoms with Gasteiger partial charge in [0.15, 0.2) is 0 Å². The summed E-state index contributed by atoms with van der Waals surface area (Å²) in [7, 11) is 0. The van der Waals surface area contributed by atoms with Crippen molar-refractivity contribution in [1.29, 1.82) is 0 Å². The molecule has 2 atom stereocenters. The van der Waals surface area contributed by atoms with Gasteiger partial charge in [-0.3, -0.25) is 0 Å². The molecule has 13 heavy (non-hydrogen) atoms. The Kier molecular flexibility index (Phi) is 3.78. The van der Waals surface area contributed by atoms with Crippen LogP contribution in [0.25, 0.3) is 0 Å². The Bertz CT molecular complexity index is 151. The van der Waals surface area contributed by atoms with Crippen LogP contribution in [-0.4, -0.2) is 12.1 Å². The van der Waals surface area contributed by atoms with Crippen molar-refractivity contribution in [1.82, 2.24) is 5.32 Å². The molecular weight excluding hydrogens is 158 g/mol. The van der Waals surface area contributed by atoms with Gasteiger partial charge in [0.1, 0.15) is 0 Å². The highest BCUT2D eigenvalue weighted by molar-refractivity contribution is 4.89. The van der Waals surface area contributed by atoms with E-state index in [0.717, 1.165) is 12.1 Å². The van der Waals surface area contributed by atoms with Crippen molar-refractivity contribution in [3.05, 3.63) is 0 Å². The minimum Gasteiger partial charge on any atom is -0.311 e. The number of nitrogens with one attached hydrogen (secondary N) is 1. The topological polar surface area (TPSA) is 12.0 Å². The minimum atomic E-state index is 0.480. The van der Waals surface area contributed by atoms with Gasteiger partial charge in [-0.1, -0.05) is 34.1 Å². The first-order valence-corrected chi connectivity index (χ1v) is 5.86. The normalized spacial score (nSPS) is 30.5. The van der Waals surface area contributed by atoms with Crippen LogP contribution in [0.4, 0.5) is 0 Å². The lowest BCUT2D eigenvalue weighted by Crippen LogP contribution is -2.49. The molecule has 0 saturated carbocycles. The molecule has 1 nitrogen and oxygen atoms in total. The quantitative estimate of drug-likeness (QED) is 0.707. The first-order chi connectivity index (χ1) is 6.10. The molecular formula is C12H25N. The van der Waals surface area contributed by atoms with Gasteiger partial charge in [-0.15, -0.1) is 0 Å². The molecule has 1 fully saturated rings. The van der Waals surface area contributed by atoms with Gasteiger partial charge < -0.3 is 5.32 Å². The van der Waals surface area contributed by atoms with Gasteiger partial charge in [-0.05, 0) is 31.1 Å². The number of rotatable bonds is 3. The third-order valence-electron chi connectivity index (χ3n) is 3.83. The van der Waals surface area contributed by atoms with Crippen LogP contribution in [0, 0.1) is 5.41 Å². The zero-order valence-corrected chi connectivity index (χ0v) is 9.69. The lowest BCUT2D eigenvalue weighted by molar-refractivity contribution is 0.167. The monoisotopic (exact) mass is 183 g/mol. The molecule has 1 heteroatoms. The van der Waals surface area contributed by atoms with E-state index in [9.17, 15) is 0 Å². The van der Waals surface area contributed by atoms with Gasteiger partial charge in [0.05, 0.1) is 0 Å². The maximum Gasteiger partial charge on any atom is 0.0121 e. The summed E-state index contributed by atoms with van der Waals surface area (Å²) >= 11 is 0. The second-order valence-electron chi connectivity index (χ2n) is 5.10. The predicted molar refractivity (Wildman–Crippen MR) is 58.9 cm³/mol. The highest BCUT2D eigenvalue weighted by Gasteiger charge is 2.31. The fourth-order valence-corrected chi connectivity index (χ4v) is 2.20. The van der Waals surface area contributed by atoms with E-state index in [4.69, 9.17) is 0 Å². The van der Waals surface area contributed by atoms with E-state index >= 15 is 0 Å². The molecule has 0 aromatic carbocycles. The average molecular weight is 183 g/mol. The number of piperidine rings is 1. The van der Waals surface area contributed by atoms with Crippen LogP contribution in [0.2, 0.25) is 0 Å². The molecule has 0 bridgehead atoms. The largest absolute Gasteiger partial charge is 0.311 e. The maximum absolute atomic E-state index is 3.79. The van der Waals surface area contributed by atoms with E-state index < -0.39 is 0 Å². The predicted octanol–water partition coefficient (Wildman–Crippen LogP) is 3.34. The molecule has 1 N–H and O–H groups in total. The summed E-state index contributed by atoms with van der Waals surface area (Å²) in [6.45, 7) is 9.38. The summed E-state index contributed by atoms with van der Waals surface area (Å²) in [5.41, 5.74) is 0.480. The van der Waals surface area contributed by atoms with Gasteiger partial charge in [0, 0.05) is 12.1 Å². The number of hydrogen-bond acceptors (Lipinski definition) is 1. The molecule has 0 spiro atoms. The van der Waals surface area contributed by atoms with E-state index in [2.05, 4.69) is 33.0 Å². The summed E-state index contributed by atoms with van der Waals surface area (Å²) in [5, 5.41) is 3.79.